The summed E-state index contributed by atoms with van der Waals surface area (Å²) < 4.78 is 40.5. The van der Waals surface area contributed by atoms with Crippen molar-refractivity contribution in [2.24, 2.45) is 0 Å². The van der Waals surface area contributed by atoms with Crippen LogP contribution in [0.4, 0.5) is 9.52 Å². The van der Waals surface area contributed by atoms with Gasteiger partial charge in [0.2, 0.25) is 15.9 Å². The summed E-state index contributed by atoms with van der Waals surface area (Å²) in [6.07, 6.45) is 0.368. The topological polar surface area (TPSA) is 108 Å². The van der Waals surface area contributed by atoms with Crippen LogP contribution >= 0.6 is 11.3 Å². The summed E-state index contributed by atoms with van der Waals surface area (Å²) in [4.78, 5) is 29.3. The fourth-order valence-electron chi connectivity index (χ4n) is 3.38. The minimum atomic E-state index is -3.83. The largest absolute Gasteiger partial charge is 0.354 e. The quantitative estimate of drug-likeness (QED) is 0.554. The van der Waals surface area contributed by atoms with Gasteiger partial charge in [-0.15, -0.1) is 11.3 Å². The zero-order valence-corrected chi connectivity index (χ0v) is 19.3. The van der Waals surface area contributed by atoms with Gasteiger partial charge in [0, 0.05) is 30.0 Å². The number of sulfonamides is 1. The van der Waals surface area contributed by atoms with Crippen molar-refractivity contribution < 1.29 is 22.4 Å². The van der Waals surface area contributed by atoms with E-state index in [0.717, 1.165) is 9.18 Å². The van der Waals surface area contributed by atoms with Gasteiger partial charge < -0.3 is 5.32 Å². The summed E-state index contributed by atoms with van der Waals surface area (Å²) in [5, 5.41) is 5.67. The lowest BCUT2D eigenvalue weighted by Crippen LogP contribution is -2.49. The Labute approximate surface area is 194 Å². The molecule has 0 saturated carbocycles. The fourth-order valence-corrected chi connectivity index (χ4v) is 5.75. The van der Waals surface area contributed by atoms with Gasteiger partial charge in [-0.25, -0.2) is 17.8 Å². The molecule has 3 aromatic rings. The summed E-state index contributed by atoms with van der Waals surface area (Å²) in [7, 11) is -3.83. The first-order valence-electron chi connectivity index (χ1n) is 10.1. The van der Waals surface area contributed by atoms with Crippen molar-refractivity contribution in [1.82, 2.24) is 14.6 Å². The number of carbonyl (C=O) groups is 2. The number of benzene rings is 2. The van der Waals surface area contributed by atoms with Crippen molar-refractivity contribution >= 4 is 38.3 Å². The van der Waals surface area contributed by atoms with Gasteiger partial charge in [0.15, 0.2) is 5.13 Å². The van der Waals surface area contributed by atoms with E-state index in [-0.39, 0.29) is 41.8 Å². The van der Waals surface area contributed by atoms with Crippen LogP contribution in [-0.4, -0.2) is 49.2 Å². The van der Waals surface area contributed by atoms with Crippen LogP contribution < -0.4 is 10.6 Å². The molecule has 2 heterocycles. The number of hydrogen-bond acceptors (Lipinski definition) is 6. The molecule has 2 amide bonds. The zero-order valence-electron chi connectivity index (χ0n) is 17.7. The van der Waals surface area contributed by atoms with Crippen molar-refractivity contribution in [2.45, 2.75) is 18.2 Å². The molecule has 0 bridgehead atoms. The number of hydrogen-bond donors (Lipinski definition) is 2. The van der Waals surface area contributed by atoms with E-state index >= 15 is 0 Å². The number of aromatic nitrogens is 1. The molecule has 1 aromatic heterocycles. The second-order valence-corrected chi connectivity index (χ2v) is 10.5. The molecule has 1 saturated heterocycles. The van der Waals surface area contributed by atoms with E-state index in [1.165, 1.54) is 41.7 Å². The number of rotatable bonds is 6. The average Bonchev–Trinajstić information content (AvgIpc) is 3.14. The molecule has 1 aliphatic heterocycles. The highest BCUT2D eigenvalue weighted by Gasteiger charge is 2.29. The lowest BCUT2D eigenvalue weighted by molar-refractivity contribution is -0.122. The number of carbonyl (C=O) groups excluding carboxylic acids is 2. The van der Waals surface area contributed by atoms with Crippen LogP contribution in [0.5, 0.6) is 0 Å². The maximum atomic E-state index is 13.9. The molecule has 0 radical (unpaired) electrons. The van der Waals surface area contributed by atoms with E-state index in [1.54, 1.807) is 25.1 Å². The van der Waals surface area contributed by atoms with Crippen molar-refractivity contribution in [3.8, 4) is 0 Å². The van der Waals surface area contributed by atoms with Gasteiger partial charge >= 0.3 is 0 Å². The van der Waals surface area contributed by atoms with Crippen LogP contribution in [0.25, 0.3) is 0 Å². The molecule has 2 aromatic carbocycles. The summed E-state index contributed by atoms with van der Waals surface area (Å²) in [6, 6.07) is 12.0. The lowest BCUT2D eigenvalue weighted by Gasteiger charge is -2.25. The summed E-state index contributed by atoms with van der Waals surface area (Å²) in [5.74, 6) is -1.09. The predicted octanol–water partition coefficient (Wildman–Crippen LogP) is 2.55. The second-order valence-electron chi connectivity index (χ2n) is 7.46. The summed E-state index contributed by atoms with van der Waals surface area (Å²) >= 11 is 1.26. The van der Waals surface area contributed by atoms with Gasteiger partial charge in [-0.3, -0.25) is 14.9 Å². The molecular weight excluding hydrogens is 467 g/mol. The van der Waals surface area contributed by atoms with Gasteiger partial charge in [-0.2, -0.15) is 4.31 Å². The molecule has 0 aliphatic carbocycles. The number of piperazine rings is 1. The maximum Gasteiger partial charge on any atom is 0.257 e. The van der Waals surface area contributed by atoms with Crippen molar-refractivity contribution in [2.75, 3.05) is 25.0 Å². The Morgan fingerprint density at radius 2 is 1.94 bits per heavy atom. The number of aryl methyl sites for hydroxylation is 1. The van der Waals surface area contributed by atoms with Gasteiger partial charge in [0.1, 0.15) is 5.82 Å². The van der Waals surface area contributed by atoms with E-state index in [4.69, 9.17) is 0 Å². The van der Waals surface area contributed by atoms with Crippen LogP contribution in [0, 0.1) is 12.7 Å². The third-order valence-corrected chi connectivity index (χ3v) is 8.11. The Balaban J connectivity index is 1.45. The third-order valence-electron chi connectivity index (χ3n) is 5.18. The molecular formula is C22H21FN4O4S2. The van der Waals surface area contributed by atoms with E-state index in [2.05, 4.69) is 15.6 Å². The first-order chi connectivity index (χ1) is 15.7. The number of nitrogens with zero attached hydrogens (tertiary/aromatic N) is 2. The van der Waals surface area contributed by atoms with Crippen LogP contribution in [0.1, 0.15) is 26.5 Å². The minimum absolute atomic E-state index is 0.00557. The molecule has 2 N–H and O–H groups in total. The number of anilines is 1. The Bertz CT molecular complexity index is 1310. The van der Waals surface area contributed by atoms with Gasteiger partial charge in [-0.1, -0.05) is 18.2 Å². The highest BCUT2D eigenvalue weighted by molar-refractivity contribution is 7.89. The maximum absolute atomic E-state index is 13.9. The number of thiazole rings is 1. The molecule has 172 valence electrons. The van der Waals surface area contributed by atoms with E-state index < -0.39 is 15.9 Å². The minimum Gasteiger partial charge on any atom is -0.354 e. The van der Waals surface area contributed by atoms with E-state index in [9.17, 15) is 22.4 Å². The monoisotopic (exact) mass is 488 g/mol. The summed E-state index contributed by atoms with van der Waals surface area (Å²) in [6.45, 7) is 2.01. The summed E-state index contributed by atoms with van der Waals surface area (Å²) in [5.41, 5.74) is 1.50. The molecule has 11 heteroatoms. The third kappa shape index (κ3) is 5.10. The molecule has 1 aliphatic rings. The SMILES string of the molecule is Cc1nc(NC(=O)c2ccc(S(=O)(=O)N3CCNC(=O)C3)cc2)sc1Cc1ccccc1F. The smallest absolute Gasteiger partial charge is 0.257 e. The number of nitrogens with one attached hydrogen (secondary N) is 2. The van der Waals surface area contributed by atoms with Gasteiger partial charge in [-0.05, 0) is 42.8 Å². The molecule has 8 nitrogen and oxygen atoms in total. The van der Waals surface area contributed by atoms with Crippen LogP contribution in [0.2, 0.25) is 0 Å². The highest BCUT2D eigenvalue weighted by atomic mass is 32.2. The first kappa shape index (κ1) is 23.0. The molecule has 0 spiro atoms. The van der Waals surface area contributed by atoms with Crippen molar-refractivity contribution in [3.05, 3.63) is 76.0 Å². The fraction of sp³-hybridized carbons (Fsp3) is 0.227. The highest BCUT2D eigenvalue weighted by Crippen LogP contribution is 2.26. The molecule has 1 fully saturated rings. The predicted molar refractivity (Wildman–Crippen MR) is 122 cm³/mol. The zero-order chi connectivity index (χ0) is 23.6. The number of halogens is 1. The Morgan fingerprint density at radius 1 is 1.21 bits per heavy atom. The Hall–Kier alpha value is -3.15. The van der Waals surface area contributed by atoms with Gasteiger partial charge in [0.05, 0.1) is 17.1 Å². The molecule has 0 unspecified atom stereocenters. The van der Waals surface area contributed by atoms with Crippen molar-refractivity contribution in [1.29, 1.82) is 0 Å². The molecule has 33 heavy (non-hydrogen) atoms. The molecule has 0 atom stereocenters. The number of amides is 2. The van der Waals surface area contributed by atoms with E-state index in [0.29, 0.717) is 22.8 Å². The van der Waals surface area contributed by atoms with Crippen LogP contribution in [-0.2, 0) is 21.2 Å². The Morgan fingerprint density at radius 3 is 2.64 bits per heavy atom. The van der Waals surface area contributed by atoms with Crippen LogP contribution in [0.3, 0.4) is 0 Å². The standard InChI is InChI=1S/C22H21FN4O4S2/c1-14-19(12-16-4-2-3-5-18(16)23)32-22(25-14)26-21(29)15-6-8-17(9-7-15)33(30,31)27-11-10-24-20(28)13-27/h2-9H,10-13H2,1H3,(H,24,28)(H,25,26,29). The molecule has 4 rings (SSSR count). The second kappa shape index (κ2) is 9.38. The average molecular weight is 489 g/mol. The van der Waals surface area contributed by atoms with E-state index in [1.807, 2.05) is 0 Å². The first-order valence-corrected chi connectivity index (χ1v) is 12.4. The lowest BCUT2D eigenvalue weighted by atomic mass is 10.1. The van der Waals surface area contributed by atoms with Gasteiger partial charge in [0.25, 0.3) is 5.91 Å². The van der Waals surface area contributed by atoms with Crippen LogP contribution in [0.15, 0.2) is 53.4 Å². The Kier molecular flexibility index (Phi) is 6.54. The van der Waals surface area contributed by atoms with Crippen molar-refractivity contribution in [3.63, 3.8) is 0 Å². The normalized spacial score (nSPS) is 14.7.